The quantitative estimate of drug-likeness (QED) is 0.322. The molecule has 11 heteroatoms. The first kappa shape index (κ1) is 36.3. The van der Waals surface area contributed by atoms with E-state index >= 15 is 0 Å². The van der Waals surface area contributed by atoms with Crippen LogP contribution in [0.1, 0.15) is 65.6 Å². The zero-order chi connectivity index (χ0) is 35.5. The third-order valence-electron chi connectivity index (χ3n) is 10.3. The number of likely N-dealkylation sites (tertiary alicyclic amines) is 1. The molecule has 1 aromatic heterocycles. The minimum absolute atomic E-state index is 0.180. The molecule has 6 rings (SSSR count). The van der Waals surface area contributed by atoms with E-state index in [2.05, 4.69) is 104 Å². The number of anilines is 1. The lowest BCUT2D eigenvalue weighted by Crippen LogP contribution is -2.68. The molecule has 4 heterocycles. The van der Waals surface area contributed by atoms with Crippen LogP contribution in [0, 0.1) is 0 Å². The van der Waals surface area contributed by atoms with Crippen LogP contribution in [0.5, 0.6) is 6.01 Å². The van der Waals surface area contributed by atoms with Crippen molar-refractivity contribution in [3.8, 4) is 6.01 Å². The van der Waals surface area contributed by atoms with Crippen molar-refractivity contribution < 1.29 is 18.7 Å². The predicted molar refractivity (Wildman–Crippen MR) is 201 cm³/mol. The number of aromatic nitrogens is 2. The van der Waals surface area contributed by atoms with E-state index in [-0.39, 0.29) is 17.2 Å². The van der Waals surface area contributed by atoms with Crippen LogP contribution in [-0.4, -0.2) is 105 Å². The molecule has 1 amide bonds. The highest BCUT2D eigenvalue weighted by atomic mass is 28.4. The van der Waals surface area contributed by atoms with Crippen molar-refractivity contribution in [3.05, 3.63) is 71.9 Å². The van der Waals surface area contributed by atoms with Gasteiger partial charge in [0.05, 0.1) is 18.3 Å². The van der Waals surface area contributed by atoms with Crippen molar-refractivity contribution >= 4 is 30.6 Å². The zero-order valence-corrected chi connectivity index (χ0v) is 32.1. The molecular weight excluding hydrogens is 645 g/mol. The first-order chi connectivity index (χ1) is 23.9. The molecule has 2 saturated heterocycles. The molecular formula is C39H56N6O4Si. The van der Waals surface area contributed by atoms with Gasteiger partial charge in [0.2, 0.25) is 0 Å². The molecule has 0 spiro atoms. The van der Waals surface area contributed by atoms with Gasteiger partial charge in [0.1, 0.15) is 18.0 Å². The minimum Gasteiger partial charge on any atom is -0.462 e. The van der Waals surface area contributed by atoms with Crippen LogP contribution in [0.15, 0.2) is 60.7 Å². The Kier molecular flexibility index (Phi) is 10.9. The topological polar surface area (TPSA) is 92.3 Å². The van der Waals surface area contributed by atoms with E-state index in [1.165, 1.54) is 16.8 Å². The number of nitrogens with one attached hydrogen (secondary N) is 1. The molecule has 50 heavy (non-hydrogen) atoms. The molecule has 270 valence electrons. The Hall–Kier alpha value is -3.51. The number of amides is 1. The van der Waals surface area contributed by atoms with Crippen LogP contribution in [0.25, 0.3) is 0 Å². The van der Waals surface area contributed by atoms with E-state index in [1.54, 1.807) is 0 Å². The molecule has 2 aromatic carbocycles. The second-order valence-electron chi connectivity index (χ2n) is 16.0. The highest BCUT2D eigenvalue weighted by molar-refractivity contribution is 6.99. The minimum atomic E-state index is -2.86. The SMILES string of the molecule is CN1CCC[C@H]1COc1nc2c(c(N3CCN(C(=O)OC(C)(C)C)C[C@H]3CO[Si](c3ccccc3)(c3ccccc3)C(C)(C)C)n1)CCNC2. The van der Waals surface area contributed by atoms with Crippen molar-refractivity contribution in [2.45, 2.75) is 90.1 Å². The number of fused-ring (bicyclic) bond motifs is 1. The van der Waals surface area contributed by atoms with Gasteiger partial charge in [-0.25, -0.2) is 4.79 Å². The highest BCUT2D eigenvalue weighted by Gasteiger charge is 2.51. The summed E-state index contributed by atoms with van der Waals surface area (Å²) in [4.78, 5) is 30.1. The zero-order valence-electron chi connectivity index (χ0n) is 31.1. The average molecular weight is 701 g/mol. The van der Waals surface area contributed by atoms with Gasteiger partial charge in [-0.1, -0.05) is 81.4 Å². The van der Waals surface area contributed by atoms with E-state index in [0.29, 0.717) is 51.4 Å². The van der Waals surface area contributed by atoms with Gasteiger partial charge in [-0.2, -0.15) is 9.97 Å². The molecule has 0 radical (unpaired) electrons. The molecule has 2 fully saturated rings. The lowest BCUT2D eigenvalue weighted by atomic mass is 10.0. The van der Waals surface area contributed by atoms with E-state index in [1.807, 2.05) is 25.7 Å². The molecule has 3 aliphatic heterocycles. The Balaban J connectivity index is 1.38. The second-order valence-corrected chi connectivity index (χ2v) is 20.3. The van der Waals surface area contributed by atoms with Crippen molar-refractivity contribution in [3.63, 3.8) is 0 Å². The molecule has 10 nitrogen and oxygen atoms in total. The van der Waals surface area contributed by atoms with Crippen molar-refractivity contribution in [2.24, 2.45) is 0 Å². The summed E-state index contributed by atoms with van der Waals surface area (Å²) in [7, 11) is -0.701. The summed E-state index contributed by atoms with van der Waals surface area (Å²) in [5, 5.41) is 5.76. The first-order valence-corrected chi connectivity index (χ1v) is 20.2. The summed E-state index contributed by atoms with van der Waals surface area (Å²) in [6.07, 6.45) is 2.82. The Morgan fingerprint density at radius 2 is 1.58 bits per heavy atom. The van der Waals surface area contributed by atoms with Crippen LogP contribution < -0.4 is 25.3 Å². The number of ether oxygens (including phenoxy) is 2. The van der Waals surface area contributed by atoms with Gasteiger partial charge in [0, 0.05) is 37.8 Å². The molecule has 3 aliphatic rings. The van der Waals surface area contributed by atoms with Gasteiger partial charge in [-0.15, -0.1) is 0 Å². The second kappa shape index (κ2) is 15.0. The van der Waals surface area contributed by atoms with Gasteiger partial charge < -0.3 is 33.9 Å². The fraction of sp³-hybridized carbons (Fsp3) is 0.564. The standard InChI is InChI=1S/C39H56N6O4Si/c1-38(2,3)49-37(46)44-23-24-45(35-33-20-21-40-25-34(33)41-36(42-35)47-27-29-15-14-22-43(29)7)30(26-44)28-48-50(39(4,5)6,31-16-10-8-11-17-31)32-18-12-9-13-19-32/h8-13,16-19,29-30,40H,14-15,20-28H2,1-7H3/t29-,30-/m0/s1. The van der Waals surface area contributed by atoms with E-state index in [4.69, 9.17) is 23.9 Å². The molecule has 3 aromatic rings. The number of likely N-dealkylation sites (N-methyl/N-ethyl adjacent to an activating group) is 1. The van der Waals surface area contributed by atoms with Crippen LogP contribution in [0.4, 0.5) is 10.6 Å². The first-order valence-electron chi connectivity index (χ1n) is 18.3. The van der Waals surface area contributed by atoms with Crippen LogP contribution >= 0.6 is 0 Å². The fourth-order valence-corrected chi connectivity index (χ4v) is 12.3. The molecule has 2 atom stereocenters. The number of hydrogen-bond donors (Lipinski definition) is 1. The van der Waals surface area contributed by atoms with Crippen molar-refractivity contribution in [2.75, 3.05) is 57.9 Å². The Labute approximate surface area is 299 Å². The lowest BCUT2D eigenvalue weighted by Gasteiger charge is -2.47. The van der Waals surface area contributed by atoms with Crippen LogP contribution in [-0.2, 0) is 22.1 Å². The summed E-state index contributed by atoms with van der Waals surface area (Å²) in [6.45, 7) is 17.8. The maximum absolute atomic E-state index is 13.5. The number of piperazine rings is 1. The predicted octanol–water partition coefficient (Wildman–Crippen LogP) is 4.60. The van der Waals surface area contributed by atoms with Crippen LogP contribution in [0.2, 0.25) is 5.04 Å². The van der Waals surface area contributed by atoms with Crippen molar-refractivity contribution in [1.82, 2.24) is 25.1 Å². The normalized spacial score (nSPS) is 20.5. The van der Waals surface area contributed by atoms with Gasteiger partial charge in [-0.3, -0.25) is 0 Å². The van der Waals surface area contributed by atoms with E-state index < -0.39 is 13.9 Å². The third-order valence-corrected chi connectivity index (χ3v) is 15.3. The number of nitrogens with zero attached hydrogens (tertiary/aromatic N) is 5. The van der Waals surface area contributed by atoms with E-state index in [9.17, 15) is 4.79 Å². The molecule has 1 N–H and O–H groups in total. The molecule has 0 aliphatic carbocycles. The Bertz CT molecular complexity index is 1560. The van der Waals surface area contributed by atoms with Gasteiger partial charge in [0.25, 0.3) is 8.32 Å². The van der Waals surface area contributed by atoms with E-state index in [0.717, 1.165) is 43.0 Å². The lowest BCUT2D eigenvalue weighted by molar-refractivity contribution is 0.0199. The largest absolute Gasteiger partial charge is 0.462 e. The summed E-state index contributed by atoms with van der Waals surface area (Å²) in [5.74, 6) is 0.895. The molecule has 0 bridgehead atoms. The number of carbonyl (C=O) groups is 1. The molecule has 0 saturated carbocycles. The third kappa shape index (κ3) is 7.86. The average Bonchev–Trinajstić information content (AvgIpc) is 3.51. The van der Waals surface area contributed by atoms with Gasteiger partial charge in [-0.05, 0) is 75.6 Å². The summed E-state index contributed by atoms with van der Waals surface area (Å²) >= 11 is 0. The van der Waals surface area contributed by atoms with Crippen molar-refractivity contribution in [1.29, 1.82) is 0 Å². The summed E-state index contributed by atoms with van der Waals surface area (Å²) in [6, 6.07) is 22.0. The Morgan fingerprint density at radius 3 is 2.18 bits per heavy atom. The highest BCUT2D eigenvalue weighted by Crippen LogP contribution is 2.38. The summed E-state index contributed by atoms with van der Waals surface area (Å²) in [5.41, 5.74) is 1.54. The summed E-state index contributed by atoms with van der Waals surface area (Å²) < 4.78 is 19.8. The van der Waals surface area contributed by atoms with Gasteiger partial charge >= 0.3 is 12.1 Å². The Morgan fingerprint density at radius 1 is 0.900 bits per heavy atom. The fourth-order valence-electron chi connectivity index (χ4n) is 7.73. The molecule has 0 unspecified atom stereocenters. The number of rotatable bonds is 9. The number of carbonyl (C=O) groups excluding carboxylic acids is 1. The number of benzene rings is 2. The maximum Gasteiger partial charge on any atom is 0.410 e. The maximum atomic E-state index is 13.5. The van der Waals surface area contributed by atoms with Crippen LogP contribution in [0.3, 0.4) is 0 Å². The number of hydrogen-bond acceptors (Lipinski definition) is 9. The smallest absolute Gasteiger partial charge is 0.410 e. The monoisotopic (exact) mass is 700 g/mol. The van der Waals surface area contributed by atoms with Gasteiger partial charge in [0.15, 0.2) is 0 Å².